The molecule has 0 aromatic heterocycles. The third kappa shape index (κ3) is 32.0. The van der Waals surface area contributed by atoms with Gasteiger partial charge in [0, 0.05) is 69.8 Å². The summed E-state index contributed by atoms with van der Waals surface area (Å²) in [7, 11) is 0. The van der Waals surface area contributed by atoms with Crippen molar-refractivity contribution in [2.75, 3.05) is 39.6 Å². The van der Waals surface area contributed by atoms with Gasteiger partial charge in [0.05, 0.1) is 39.6 Å². The van der Waals surface area contributed by atoms with Crippen LogP contribution in [0.1, 0.15) is 345 Å². The van der Waals surface area contributed by atoms with Gasteiger partial charge in [-0.2, -0.15) is 0 Å². The largest absolute Gasteiger partial charge is 0.490 e. The maximum Gasteiger partial charge on any atom is 0.162 e. The molecule has 0 fully saturated rings. The molecule has 1 aliphatic rings. The lowest BCUT2D eigenvalue weighted by Crippen LogP contribution is -2.05. The molecule has 4 rings (SSSR count). The van der Waals surface area contributed by atoms with Crippen molar-refractivity contribution in [3.63, 3.8) is 0 Å². The van der Waals surface area contributed by atoms with Crippen LogP contribution in [0.3, 0.4) is 0 Å². The number of ether oxygens (including phenoxy) is 6. The van der Waals surface area contributed by atoms with Crippen LogP contribution < -0.4 is 28.4 Å². The molecule has 6 nitrogen and oxygen atoms in total. The van der Waals surface area contributed by atoms with Crippen molar-refractivity contribution >= 4 is 0 Å². The van der Waals surface area contributed by atoms with Crippen LogP contribution in [-0.2, 0) is 0 Å². The van der Waals surface area contributed by atoms with Crippen molar-refractivity contribution in [3.05, 3.63) is 69.8 Å². The van der Waals surface area contributed by atoms with Crippen LogP contribution in [0.2, 0.25) is 0 Å². The number of hydrogen-bond acceptors (Lipinski definition) is 6. The summed E-state index contributed by atoms with van der Waals surface area (Å²) in [5.74, 6) is 26.0. The van der Waals surface area contributed by atoms with Gasteiger partial charge in [-0.05, 0) is 38.5 Å². The standard InChI is InChI=1S/C78H120O6/c1-7-13-19-25-31-37-43-55-79-73-61-67-49-50-69-63-75(81-57-45-39-33-27-21-15-9-3)77(83-59-47-41-35-29-23-17-11-5)65-71(69)53-54-72-66-78(84-60-48-42-36-30-24-18-12-6)76(82-58-46-40-34-28-22-16-10-4)64-70(72)52-51-68(67)62-74(73)80-56-44-38-32-26-20-14-8-2/h61-66H,7-48,55-60H2,1-6H3. The molecule has 0 radical (unpaired) electrons. The Morgan fingerprint density at radius 2 is 0.298 bits per heavy atom. The van der Waals surface area contributed by atoms with Gasteiger partial charge in [0.1, 0.15) is 0 Å². The number of unbranched alkanes of at least 4 members (excludes halogenated alkanes) is 36. The number of rotatable bonds is 54. The lowest BCUT2D eigenvalue weighted by molar-refractivity contribution is 0.258. The second kappa shape index (κ2) is 49.3. The summed E-state index contributed by atoms with van der Waals surface area (Å²) in [5, 5.41) is 0. The summed E-state index contributed by atoms with van der Waals surface area (Å²) in [5.41, 5.74) is 4.73. The highest BCUT2D eigenvalue weighted by atomic mass is 16.5. The maximum atomic E-state index is 6.70. The minimum atomic E-state index is 0.622. The van der Waals surface area contributed by atoms with E-state index in [0.29, 0.717) is 39.6 Å². The van der Waals surface area contributed by atoms with Crippen LogP contribution in [0.5, 0.6) is 34.5 Å². The van der Waals surface area contributed by atoms with Crippen molar-refractivity contribution in [2.45, 2.75) is 311 Å². The molecule has 3 aromatic rings. The zero-order valence-electron chi connectivity index (χ0n) is 54.9. The van der Waals surface area contributed by atoms with Crippen molar-refractivity contribution < 1.29 is 28.4 Å². The van der Waals surface area contributed by atoms with Crippen molar-refractivity contribution in [2.24, 2.45) is 0 Å². The Balaban J connectivity index is 1.85. The van der Waals surface area contributed by atoms with E-state index in [1.807, 2.05) is 0 Å². The first-order chi connectivity index (χ1) is 41.5. The molecule has 0 amide bonds. The summed E-state index contributed by atoms with van der Waals surface area (Å²) in [6.45, 7) is 17.4. The van der Waals surface area contributed by atoms with Crippen molar-refractivity contribution in [1.82, 2.24) is 0 Å². The van der Waals surface area contributed by atoms with E-state index < -0.39 is 0 Å². The molecular weight excluding hydrogens is 1030 g/mol. The van der Waals surface area contributed by atoms with Crippen LogP contribution in [0.15, 0.2) is 36.4 Å². The molecule has 0 atom stereocenters. The SMILES string of the molecule is CCCCCCCCCOc1cc2c(cc1OCCCCCCCCC)C#Cc1cc(OCCCCCCCCC)c(OCCCCCCCCC)cc1C#Cc1cc(OCCCCCCCCC)c(OCCCCCCCCC)cc1C#C2. The van der Waals surface area contributed by atoms with Gasteiger partial charge in [0.25, 0.3) is 0 Å². The van der Waals surface area contributed by atoms with Gasteiger partial charge in [-0.3, -0.25) is 0 Å². The fraction of sp³-hybridized carbons (Fsp3) is 0.692. The van der Waals surface area contributed by atoms with E-state index in [4.69, 9.17) is 28.4 Å². The van der Waals surface area contributed by atoms with E-state index in [-0.39, 0.29) is 0 Å². The maximum absolute atomic E-state index is 6.70. The molecule has 3 aromatic carbocycles. The lowest BCUT2D eigenvalue weighted by Gasteiger charge is -2.16. The molecule has 0 spiro atoms. The zero-order chi connectivity index (χ0) is 59.6. The minimum absolute atomic E-state index is 0.622. The summed E-state index contributed by atoms with van der Waals surface area (Å²) in [6, 6.07) is 12.4. The third-order valence-electron chi connectivity index (χ3n) is 16.3. The predicted molar refractivity (Wildman–Crippen MR) is 358 cm³/mol. The highest BCUT2D eigenvalue weighted by Crippen LogP contribution is 2.36. The molecule has 6 heteroatoms. The number of benzene rings is 3. The van der Waals surface area contributed by atoms with Crippen LogP contribution in [0.25, 0.3) is 0 Å². The van der Waals surface area contributed by atoms with E-state index in [0.717, 1.165) is 145 Å². The number of hydrogen-bond donors (Lipinski definition) is 0. The topological polar surface area (TPSA) is 55.4 Å². The predicted octanol–water partition coefficient (Wildman–Crippen LogP) is 23.0. The second-order valence-electron chi connectivity index (χ2n) is 24.1. The fourth-order valence-electron chi connectivity index (χ4n) is 10.8. The van der Waals surface area contributed by atoms with Crippen LogP contribution >= 0.6 is 0 Å². The first-order valence-corrected chi connectivity index (χ1v) is 35.4. The van der Waals surface area contributed by atoms with Gasteiger partial charge in [-0.1, -0.05) is 308 Å². The highest BCUT2D eigenvalue weighted by Gasteiger charge is 2.17. The molecule has 84 heavy (non-hydrogen) atoms. The Kier molecular flexibility index (Phi) is 42.0. The lowest BCUT2D eigenvalue weighted by atomic mass is 10.0. The molecule has 0 saturated carbocycles. The van der Waals surface area contributed by atoms with Crippen LogP contribution in [0.4, 0.5) is 0 Å². The molecule has 0 saturated heterocycles. The average Bonchev–Trinajstić information content (AvgIpc) is 3.62. The van der Waals surface area contributed by atoms with Gasteiger partial charge >= 0.3 is 0 Å². The first kappa shape index (κ1) is 71.6. The van der Waals surface area contributed by atoms with Gasteiger partial charge in [0.15, 0.2) is 34.5 Å². The summed E-state index contributed by atoms with van der Waals surface area (Å²) < 4.78 is 40.2. The fourth-order valence-corrected chi connectivity index (χ4v) is 10.8. The third-order valence-corrected chi connectivity index (χ3v) is 16.3. The minimum Gasteiger partial charge on any atom is -0.490 e. The van der Waals surface area contributed by atoms with E-state index in [1.54, 1.807) is 0 Å². The molecular formula is C78H120O6. The number of fused-ring (bicyclic) bond motifs is 3. The Labute approximate surface area is 516 Å². The Morgan fingerprint density at radius 1 is 0.179 bits per heavy atom. The quantitative estimate of drug-likeness (QED) is 0.0324. The molecule has 0 N–H and O–H groups in total. The first-order valence-electron chi connectivity index (χ1n) is 35.4. The van der Waals surface area contributed by atoms with Crippen molar-refractivity contribution in [1.29, 1.82) is 0 Å². The van der Waals surface area contributed by atoms with E-state index >= 15 is 0 Å². The van der Waals surface area contributed by atoms with E-state index in [9.17, 15) is 0 Å². The van der Waals surface area contributed by atoms with Gasteiger partial charge < -0.3 is 28.4 Å². The summed E-state index contributed by atoms with van der Waals surface area (Å²) >= 11 is 0. The van der Waals surface area contributed by atoms with E-state index in [2.05, 4.69) is 113 Å². The smallest absolute Gasteiger partial charge is 0.162 e. The zero-order valence-corrected chi connectivity index (χ0v) is 54.9. The average molecular weight is 1150 g/mol. The van der Waals surface area contributed by atoms with Crippen LogP contribution in [-0.4, -0.2) is 39.6 Å². The Hall–Kier alpha value is -4.86. The normalized spacial score (nSPS) is 11.4. The molecule has 0 heterocycles. The highest BCUT2D eigenvalue weighted by molar-refractivity contribution is 5.67. The van der Waals surface area contributed by atoms with Gasteiger partial charge in [-0.25, -0.2) is 0 Å². The molecule has 1 aliphatic carbocycles. The van der Waals surface area contributed by atoms with E-state index in [1.165, 1.54) is 193 Å². The monoisotopic (exact) mass is 1150 g/mol. The molecule has 0 aliphatic heterocycles. The van der Waals surface area contributed by atoms with Gasteiger partial charge in [-0.15, -0.1) is 0 Å². The van der Waals surface area contributed by atoms with Crippen molar-refractivity contribution in [3.8, 4) is 70.0 Å². The molecule has 0 unspecified atom stereocenters. The molecule has 468 valence electrons. The summed E-state index contributed by atoms with van der Waals surface area (Å²) in [6.07, 6.45) is 51.2. The Bertz CT molecular complexity index is 1930. The van der Waals surface area contributed by atoms with Gasteiger partial charge in [0.2, 0.25) is 0 Å². The second-order valence-corrected chi connectivity index (χ2v) is 24.1. The Morgan fingerprint density at radius 3 is 0.429 bits per heavy atom. The molecule has 0 bridgehead atoms. The van der Waals surface area contributed by atoms with Crippen LogP contribution in [0, 0.1) is 35.5 Å². The summed E-state index contributed by atoms with van der Waals surface area (Å²) in [4.78, 5) is 0.